The van der Waals surface area contributed by atoms with Crippen molar-refractivity contribution >= 4 is 21.9 Å². The Hall–Kier alpha value is -2.89. The highest BCUT2D eigenvalue weighted by atomic mass is 32.2. The summed E-state index contributed by atoms with van der Waals surface area (Å²) in [6.07, 6.45) is -1.16. The van der Waals surface area contributed by atoms with Crippen LogP contribution in [0.2, 0.25) is 0 Å². The number of nitrogens with zero attached hydrogens (tertiary/aromatic N) is 4. The van der Waals surface area contributed by atoms with Crippen molar-refractivity contribution in [3.8, 4) is 11.5 Å². The summed E-state index contributed by atoms with van der Waals surface area (Å²) in [5.74, 6) is -1.61. The molecule has 0 saturated heterocycles. The third-order valence-corrected chi connectivity index (χ3v) is 3.69. The van der Waals surface area contributed by atoms with Gasteiger partial charge in [-0.15, -0.1) is 10.2 Å². The van der Waals surface area contributed by atoms with Crippen LogP contribution in [-0.2, 0) is 14.8 Å². The minimum absolute atomic E-state index is 0.114. The van der Waals surface area contributed by atoms with Crippen molar-refractivity contribution in [2.45, 2.75) is 26.4 Å². The van der Waals surface area contributed by atoms with Crippen molar-refractivity contribution in [1.29, 1.82) is 0 Å². The van der Waals surface area contributed by atoms with Crippen LogP contribution in [0.15, 0.2) is 18.2 Å². The van der Waals surface area contributed by atoms with E-state index in [1.165, 1.54) is 18.2 Å². The number of tetrazole rings is 1. The number of amides is 1. The van der Waals surface area contributed by atoms with E-state index < -0.39 is 33.3 Å². The second kappa shape index (κ2) is 6.93. The Morgan fingerprint density at radius 2 is 2.00 bits per heavy atom. The lowest BCUT2D eigenvalue weighted by molar-refractivity contribution is 0.0570. The zero-order valence-electron chi connectivity index (χ0n) is 13.7. The SMILES string of the molecule is CC(C)(C)OC(=O)NS(=O)(=O)CC(=O)c1cccc(-c2nn[nH]n2)n1. The number of pyridine rings is 1. The summed E-state index contributed by atoms with van der Waals surface area (Å²) < 4.78 is 30.4. The first kappa shape index (κ1) is 18.4. The number of ketones is 1. The fraction of sp³-hybridized carbons (Fsp3) is 0.385. The van der Waals surface area contributed by atoms with E-state index in [1.807, 2.05) is 0 Å². The van der Waals surface area contributed by atoms with E-state index in [2.05, 4.69) is 25.6 Å². The van der Waals surface area contributed by atoms with Gasteiger partial charge < -0.3 is 4.74 Å². The van der Waals surface area contributed by atoms with E-state index in [1.54, 1.807) is 25.5 Å². The van der Waals surface area contributed by atoms with Crippen LogP contribution in [0.4, 0.5) is 4.79 Å². The van der Waals surface area contributed by atoms with Gasteiger partial charge in [0.2, 0.25) is 15.8 Å². The van der Waals surface area contributed by atoms with Gasteiger partial charge in [-0.25, -0.2) is 22.9 Å². The topological polar surface area (TPSA) is 157 Å². The smallest absolute Gasteiger partial charge is 0.421 e. The van der Waals surface area contributed by atoms with Crippen LogP contribution in [0.25, 0.3) is 11.5 Å². The van der Waals surface area contributed by atoms with E-state index in [0.29, 0.717) is 0 Å². The molecule has 0 aromatic carbocycles. The fourth-order valence-corrected chi connectivity index (χ4v) is 2.55. The minimum atomic E-state index is -4.23. The predicted molar refractivity (Wildman–Crippen MR) is 84.9 cm³/mol. The molecular weight excluding hydrogens is 352 g/mol. The van der Waals surface area contributed by atoms with E-state index in [4.69, 9.17) is 4.74 Å². The number of aromatic amines is 1. The zero-order valence-corrected chi connectivity index (χ0v) is 14.5. The van der Waals surface area contributed by atoms with E-state index >= 15 is 0 Å². The molecule has 0 unspecified atom stereocenters. The second-order valence-electron chi connectivity index (χ2n) is 5.93. The summed E-state index contributed by atoms with van der Waals surface area (Å²) in [5, 5.41) is 13.1. The van der Waals surface area contributed by atoms with Gasteiger partial charge in [0.15, 0.2) is 5.78 Å². The van der Waals surface area contributed by atoms with E-state index in [-0.39, 0.29) is 17.2 Å². The van der Waals surface area contributed by atoms with Gasteiger partial charge in [-0.05, 0) is 38.1 Å². The normalized spacial score (nSPS) is 11.8. The number of carbonyl (C=O) groups is 2. The van der Waals surface area contributed by atoms with Gasteiger partial charge in [0, 0.05) is 0 Å². The number of rotatable bonds is 5. The molecule has 2 N–H and O–H groups in total. The van der Waals surface area contributed by atoms with Crippen molar-refractivity contribution in [2.75, 3.05) is 5.75 Å². The zero-order chi connectivity index (χ0) is 18.7. The average molecular weight is 368 g/mol. The van der Waals surface area contributed by atoms with Crippen molar-refractivity contribution in [2.24, 2.45) is 0 Å². The minimum Gasteiger partial charge on any atom is -0.443 e. The molecule has 0 spiro atoms. The molecule has 0 aliphatic carbocycles. The molecule has 134 valence electrons. The summed E-state index contributed by atoms with van der Waals surface area (Å²) in [6.45, 7) is 4.74. The van der Waals surface area contributed by atoms with Crippen LogP contribution < -0.4 is 4.72 Å². The number of aromatic nitrogens is 5. The number of nitrogens with one attached hydrogen (secondary N) is 2. The molecule has 0 bridgehead atoms. The molecular formula is C13H16N6O5S. The summed E-state index contributed by atoms with van der Waals surface area (Å²) >= 11 is 0. The Bertz CT molecular complexity index is 873. The number of hydrogen-bond donors (Lipinski definition) is 2. The summed E-state index contributed by atoms with van der Waals surface area (Å²) in [6, 6.07) is 4.38. The van der Waals surface area contributed by atoms with Crippen molar-refractivity contribution in [3.63, 3.8) is 0 Å². The van der Waals surface area contributed by atoms with E-state index in [0.717, 1.165) is 0 Å². The monoisotopic (exact) mass is 368 g/mol. The number of ether oxygens (including phenoxy) is 1. The quantitative estimate of drug-likeness (QED) is 0.708. The van der Waals surface area contributed by atoms with Gasteiger partial charge in [0.1, 0.15) is 22.7 Å². The molecule has 0 aliphatic rings. The fourth-order valence-electron chi connectivity index (χ4n) is 1.69. The molecule has 0 saturated carbocycles. The van der Waals surface area contributed by atoms with Crippen LogP contribution in [0, 0.1) is 0 Å². The summed E-state index contributed by atoms with van der Waals surface area (Å²) in [7, 11) is -4.23. The number of H-pyrrole nitrogens is 1. The highest BCUT2D eigenvalue weighted by Crippen LogP contribution is 2.11. The maximum absolute atomic E-state index is 12.2. The lowest BCUT2D eigenvalue weighted by Crippen LogP contribution is -2.39. The molecule has 0 radical (unpaired) electrons. The molecule has 2 aromatic heterocycles. The Balaban J connectivity index is 2.08. The molecule has 2 aromatic rings. The average Bonchev–Trinajstić information content (AvgIpc) is 2.98. The number of sulfonamides is 1. The lowest BCUT2D eigenvalue weighted by atomic mass is 10.2. The van der Waals surface area contributed by atoms with Gasteiger partial charge in [0.25, 0.3) is 0 Å². The molecule has 2 heterocycles. The number of hydrogen-bond acceptors (Lipinski definition) is 9. The molecule has 25 heavy (non-hydrogen) atoms. The molecule has 11 nitrogen and oxygen atoms in total. The van der Waals surface area contributed by atoms with Gasteiger partial charge in [0.05, 0.1) is 0 Å². The lowest BCUT2D eigenvalue weighted by Gasteiger charge is -2.19. The third kappa shape index (κ3) is 5.60. The largest absolute Gasteiger partial charge is 0.443 e. The first-order valence-corrected chi connectivity index (χ1v) is 8.68. The Labute approximate surface area is 143 Å². The molecule has 0 fully saturated rings. The van der Waals surface area contributed by atoms with Gasteiger partial charge in [-0.1, -0.05) is 6.07 Å². The maximum Gasteiger partial charge on any atom is 0.421 e. The Kier molecular flexibility index (Phi) is 5.11. The second-order valence-corrected chi connectivity index (χ2v) is 7.65. The van der Waals surface area contributed by atoms with Gasteiger partial charge in [-0.2, -0.15) is 5.21 Å². The molecule has 2 rings (SSSR count). The van der Waals surface area contributed by atoms with Crippen molar-refractivity contribution in [3.05, 3.63) is 23.9 Å². The van der Waals surface area contributed by atoms with E-state index in [9.17, 15) is 18.0 Å². The highest BCUT2D eigenvalue weighted by molar-refractivity contribution is 7.90. The van der Waals surface area contributed by atoms with Gasteiger partial charge in [-0.3, -0.25) is 4.79 Å². The molecule has 0 atom stereocenters. The van der Waals surface area contributed by atoms with Gasteiger partial charge >= 0.3 is 6.09 Å². The molecule has 0 aliphatic heterocycles. The van der Waals surface area contributed by atoms with Crippen LogP contribution >= 0.6 is 0 Å². The van der Waals surface area contributed by atoms with Crippen molar-refractivity contribution < 1.29 is 22.7 Å². The highest BCUT2D eigenvalue weighted by Gasteiger charge is 2.25. The van der Waals surface area contributed by atoms with Crippen LogP contribution in [0.3, 0.4) is 0 Å². The molecule has 1 amide bonds. The first-order chi connectivity index (χ1) is 11.6. The first-order valence-electron chi connectivity index (χ1n) is 7.03. The van der Waals surface area contributed by atoms with Crippen LogP contribution in [-0.4, -0.2) is 57.3 Å². The Morgan fingerprint density at radius 3 is 2.60 bits per heavy atom. The Morgan fingerprint density at radius 1 is 1.28 bits per heavy atom. The summed E-state index contributed by atoms with van der Waals surface area (Å²) in [5.41, 5.74) is -0.738. The molecule has 12 heteroatoms. The summed E-state index contributed by atoms with van der Waals surface area (Å²) in [4.78, 5) is 27.7. The standard InChI is InChI=1S/C13H16N6O5S/c1-13(2,3)24-12(21)17-25(22,23)7-10(20)8-5-4-6-9(14-8)11-15-18-19-16-11/h4-6H,7H2,1-3H3,(H,17,21)(H,15,16,18,19). The number of Topliss-reactive ketones (excluding diaryl/α,β-unsaturated/α-hetero) is 1. The maximum atomic E-state index is 12.2. The van der Waals surface area contributed by atoms with Crippen molar-refractivity contribution in [1.82, 2.24) is 30.3 Å². The van der Waals surface area contributed by atoms with Crippen LogP contribution in [0.5, 0.6) is 0 Å². The predicted octanol–water partition coefficient (Wildman–Crippen LogP) is 0.299. The van der Waals surface area contributed by atoms with Crippen LogP contribution in [0.1, 0.15) is 31.3 Å². The number of carbonyl (C=O) groups excluding carboxylic acids is 2. The third-order valence-electron chi connectivity index (χ3n) is 2.57.